The smallest absolute Gasteiger partial charge is 0.0700 e. The van der Waals surface area contributed by atoms with Crippen molar-refractivity contribution in [1.82, 2.24) is 5.32 Å². The number of hydrogen-bond donors (Lipinski definition) is 1. The molecule has 3 nitrogen and oxygen atoms in total. The Morgan fingerprint density at radius 3 is 2.81 bits per heavy atom. The summed E-state index contributed by atoms with van der Waals surface area (Å²) in [6.45, 7) is 5.47. The minimum atomic E-state index is 0.648. The number of aryl methyl sites for hydroxylation is 1. The first-order valence-electron chi connectivity index (χ1n) is 8.13. The van der Waals surface area contributed by atoms with Gasteiger partial charge in [-0.2, -0.15) is 0 Å². The van der Waals surface area contributed by atoms with E-state index in [4.69, 9.17) is 9.47 Å². The van der Waals surface area contributed by atoms with Crippen LogP contribution in [0.2, 0.25) is 0 Å². The fourth-order valence-electron chi connectivity index (χ4n) is 2.56. The van der Waals surface area contributed by atoms with Gasteiger partial charge >= 0.3 is 0 Å². The highest BCUT2D eigenvalue weighted by atomic mass is 16.5. The molecule has 0 spiro atoms. The van der Waals surface area contributed by atoms with Gasteiger partial charge < -0.3 is 14.8 Å². The quantitative estimate of drug-likeness (QED) is 0.636. The second kappa shape index (κ2) is 9.19. The van der Waals surface area contributed by atoms with E-state index in [2.05, 4.69) is 36.5 Å². The Labute approximate surface area is 129 Å². The van der Waals surface area contributed by atoms with Crippen LogP contribution in [0.15, 0.2) is 24.3 Å². The van der Waals surface area contributed by atoms with Gasteiger partial charge in [0, 0.05) is 19.8 Å². The minimum Gasteiger partial charge on any atom is -0.382 e. The molecular formula is C18H29NO2. The lowest BCUT2D eigenvalue weighted by Crippen LogP contribution is -2.27. The molecular weight excluding hydrogens is 262 g/mol. The van der Waals surface area contributed by atoms with Crippen LogP contribution in [0.1, 0.15) is 30.4 Å². The van der Waals surface area contributed by atoms with E-state index in [0.717, 1.165) is 32.0 Å². The average Bonchev–Trinajstić information content (AvgIpc) is 3.28. The molecule has 1 atom stereocenters. The summed E-state index contributed by atoms with van der Waals surface area (Å²) in [7, 11) is 1.71. The van der Waals surface area contributed by atoms with Gasteiger partial charge in [0.05, 0.1) is 13.2 Å². The van der Waals surface area contributed by atoms with Crippen molar-refractivity contribution in [3.63, 3.8) is 0 Å². The molecule has 1 fully saturated rings. The third-order valence-corrected chi connectivity index (χ3v) is 3.98. The van der Waals surface area contributed by atoms with Crippen molar-refractivity contribution in [2.75, 3.05) is 33.5 Å². The van der Waals surface area contributed by atoms with Gasteiger partial charge in [-0.1, -0.05) is 29.8 Å². The molecule has 0 saturated heterocycles. The van der Waals surface area contributed by atoms with Crippen molar-refractivity contribution in [2.24, 2.45) is 5.92 Å². The van der Waals surface area contributed by atoms with Crippen LogP contribution in [0.3, 0.4) is 0 Å². The topological polar surface area (TPSA) is 30.5 Å². The Kier molecular flexibility index (Phi) is 7.20. The van der Waals surface area contributed by atoms with Crippen molar-refractivity contribution in [2.45, 2.75) is 38.6 Å². The summed E-state index contributed by atoms with van der Waals surface area (Å²) in [4.78, 5) is 0. The normalized spacial score (nSPS) is 16.1. The second-order valence-corrected chi connectivity index (χ2v) is 6.14. The molecule has 0 bridgehead atoms. The van der Waals surface area contributed by atoms with Gasteiger partial charge in [0.2, 0.25) is 0 Å². The number of rotatable bonds is 11. The van der Waals surface area contributed by atoms with Crippen LogP contribution in [-0.4, -0.2) is 39.5 Å². The zero-order valence-corrected chi connectivity index (χ0v) is 13.4. The van der Waals surface area contributed by atoms with E-state index >= 15 is 0 Å². The highest BCUT2D eigenvalue weighted by molar-refractivity contribution is 5.22. The van der Waals surface area contributed by atoms with Crippen LogP contribution in [-0.2, 0) is 15.9 Å². The Morgan fingerprint density at radius 2 is 2.10 bits per heavy atom. The average molecular weight is 291 g/mol. The van der Waals surface area contributed by atoms with E-state index in [-0.39, 0.29) is 0 Å². The summed E-state index contributed by atoms with van der Waals surface area (Å²) in [5.41, 5.74) is 2.78. The molecule has 118 valence electrons. The maximum Gasteiger partial charge on any atom is 0.0700 e. The summed E-state index contributed by atoms with van der Waals surface area (Å²) in [6, 6.07) is 9.64. The van der Waals surface area contributed by atoms with Crippen molar-refractivity contribution < 1.29 is 9.47 Å². The largest absolute Gasteiger partial charge is 0.382 e. The maximum atomic E-state index is 5.64. The lowest BCUT2D eigenvalue weighted by atomic mass is 9.95. The number of ether oxygens (including phenoxy) is 2. The van der Waals surface area contributed by atoms with Crippen LogP contribution in [0.5, 0.6) is 0 Å². The lowest BCUT2D eigenvalue weighted by Gasteiger charge is -2.18. The molecule has 0 heterocycles. The zero-order valence-electron chi connectivity index (χ0n) is 13.4. The van der Waals surface area contributed by atoms with Crippen molar-refractivity contribution in [1.29, 1.82) is 0 Å². The van der Waals surface area contributed by atoms with Crippen molar-refractivity contribution in [3.8, 4) is 0 Å². The third kappa shape index (κ3) is 7.07. The minimum absolute atomic E-state index is 0.648. The van der Waals surface area contributed by atoms with Gasteiger partial charge in [-0.3, -0.25) is 0 Å². The Morgan fingerprint density at radius 1 is 1.24 bits per heavy atom. The number of benzene rings is 1. The number of methoxy groups -OCH3 is 1. The second-order valence-electron chi connectivity index (χ2n) is 6.14. The predicted molar refractivity (Wildman–Crippen MR) is 86.7 cm³/mol. The van der Waals surface area contributed by atoms with Gasteiger partial charge in [0.25, 0.3) is 0 Å². The summed E-state index contributed by atoms with van der Waals surface area (Å²) in [5, 5.41) is 3.66. The lowest BCUT2D eigenvalue weighted by molar-refractivity contribution is 0.0636. The van der Waals surface area contributed by atoms with E-state index in [1.54, 1.807) is 7.11 Å². The first-order valence-corrected chi connectivity index (χ1v) is 8.13. The SMILES string of the molecule is COCCOCCC(CNC1CC1)Cc1cccc(C)c1. The molecule has 3 heteroatoms. The van der Waals surface area contributed by atoms with Gasteiger partial charge in [0.15, 0.2) is 0 Å². The first-order chi connectivity index (χ1) is 10.3. The summed E-state index contributed by atoms with van der Waals surface area (Å²) >= 11 is 0. The molecule has 21 heavy (non-hydrogen) atoms. The highest BCUT2D eigenvalue weighted by Crippen LogP contribution is 2.20. The Balaban J connectivity index is 1.76. The van der Waals surface area contributed by atoms with Crippen LogP contribution in [0.25, 0.3) is 0 Å². The van der Waals surface area contributed by atoms with Crippen molar-refractivity contribution in [3.05, 3.63) is 35.4 Å². The first kappa shape index (κ1) is 16.5. The molecule has 1 aliphatic rings. The van der Waals surface area contributed by atoms with Gasteiger partial charge in [-0.05, 0) is 50.6 Å². The molecule has 0 aliphatic heterocycles. The molecule has 1 N–H and O–H groups in total. The molecule has 1 saturated carbocycles. The van der Waals surface area contributed by atoms with E-state index in [1.807, 2.05) is 0 Å². The van der Waals surface area contributed by atoms with Crippen LogP contribution in [0, 0.1) is 12.8 Å². The standard InChI is InChI=1S/C18H29NO2/c1-15-4-3-5-16(12-15)13-17(14-19-18-6-7-18)8-9-21-11-10-20-2/h3-5,12,17-19H,6-11,13-14H2,1-2H3. The van der Waals surface area contributed by atoms with Crippen LogP contribution < -0.4 is 5.32 Å². The summed E-state index contributed by atoms with van der Waals surface area (Å²) in [5.74, 6) is 0.648. The predicted octanol–water partition coefficient (Wildman–Crippen LogP) is 2.96. The van der Waals surface area contributed by atoms with Gasteiger partial charge in [-0.15, -0.1) is 0 Å². The van der Waals surface area contributed by atoms with E-state index in [9.17, 15) is 0 Å². The molecule has 1 aromatic rings. The molecule has 1 aromatic carbocycles. The molecule has 1 aliphatic carbocycles. The fourth-order valence-corrected chi connectivity index (χ4v) is 2.56. The van der Waals surface area contributed by atoms with Crippen LogP contribution >= 0.6 is 0 Å². The van der Waals surface area contributed by atoms with Gasteiger partial charge in [0.1, 0.15) is 0 Å². The molecule has 1 unspecified atom stereocenters. The van der Waals surface area contributed by atoms with E-state index < -0.39 is 0 Å². The molecule has 2 rings (SSSR count). The van der Waals surface area contributed by atoms with Crippen molar-refractivity contribution >= 4 is 0 Å². The Hall–Kier alpha value is -0.900. The number of hydrogen-bond acceptors (Lipinski definition) is 3. The zero-order chi connectivity index (χ0) is 14.9. The van der Waals surface area contributed by atoms with Gasteiger partial charge in [-0.25, -0.2) is 0 Å². The maximum absolute atomic E-state index is 5.64. The Bertz CT molecular complexity index is 404. The molecule has 0 aromatic heterocycles. The third-order valence-electron chi connectivity index (χ3n) is 3.98. The summed E-state index contributed by atoms with van der Waals surface area (Å²) in [6.07, 6.45) is 4.94. The van der Waals surface area contributed by atoms with E-state index in [1.165, 1.54) is 24.0 Å². The molecule has 0 amide bonds. The highest BCUT2D eigenvalue weighted by Gasteiger charge is 2.22. The monoisotopic (exact) mass is 291 g/mol. The molecule has 0 radical (unpaired) electrons. The fraction of sp³-hybridized carbons (Fsp3) is 0.667. The van der Waals surface area contributed by atoms with Crippen LogP contribution in [0.4, 0.5) is 0 Å². The number of nitrogens with one attached hydrogen (secondary N) is 1. The summed E-state index contributed by atoms with van der Waals surface area (Å²) < 4.78 is 10.6. The van der Waals surface area contributed by atoms with E-state index in [0.29, 0.717) is 19.1 Å².